The summed E-state index contributed by atoms with van der Waals surface area (Å²) in [7, 11) is 1.93. The fraction of sp³-hybridized carbons (Fsp3) is 0.312. The minimum atomic E-state index is 0.0344. The van der Waals surface area contributed by atoms with Gasteiger partial charge in [-0.3, -0.25) is 4.79 Å². The number of aromatic nitrogens is 1. The summed E-state index contributed by atoms with van der Waals surface area (Å²) in [4.78, 5) is 11.8. The Kier molecular flexibility index (Phi) is 4.17. The predicted molar refractivity (Wildman–Crippen MR) is 78.4 cm³/mol. The van der Waals surface area contributed by atoms with Crippen LogP contribution >= 0.6 is 0 Å². The van der Waals surface area contributed by atoms with Gasteiger partial charge in [-0.25, -0.2) is 0 Å². The SMILES string of the molecule is CNC(Cn1ccccc1=O)c1cc(C)cc(C)c1. The number of hydrogen-bond donors (Lipinski definition) is 1. The van der Waals surface area contributed by atoms with Crippen LogP contribution in [0.3, 0.4) is 0 Å². The van der Waals surface area contributed by atoms with Gasteiger partial charge in [-0.05, 0) is 32.5 Å². The Morgan fingerprint density at radius 1 is 1.16 bits per heavy atom. The molecule has 0 amide bonds. The Morgan fingerprint density at radius 3 is 2.42 bits per heavy atom. The molecule has 3 heteroatoms. The summed E-state index contributed by atoms with van der Waals surface area (Å²) in [6, 6.07) is 11.9. The predicted octanol–water partition coefficient (Wildman–Crippen LogP) is 2.43. The van der Waals surface area contributed by atoms with Crippen molar-refractivity contribution in [2.45, 2.75) is 26.4 Å². The van der Waals surface area contributed by atoms with E-state index in [2.05, 4.69) is 37.4 Å². The largest absolute Gasteiger partial charge is 0.314 e. The number of nitrogens with one attached hydrogen (secondary N) is 1. The van der Waals surface area contributed by atoms with Crippen LogP contribution in [0.5, 0.6) is 0 Å². The zero-order valence-electron chi connectivity index (χ0n) is 11.7. The van der Waals surface area contributed by atoms with E-state index in [1.807, 2.05) is 19.3 Å². The van der Waals surface area contributed by atoms with E-state index >= 15 is 0 Å². The highest BCUT2D eigenvalue weighted by molar-refractivity contribution is 5.30. The maximum absolute atomic E-state index is 11.8. The highest BCUT2D eigenvalue weighted by Gasteiger charge is 2.11. The number of benzene rings is 1. The Bertz CT molecular complexity index is 596. The first-order valence-electron chi connectivity index (χ1n) is 6.51. The van der Waals surface area contributed by atoms with E-state index in [0.29, 0.717) is 6.54 Å². The standard InChI is InChI=1S/C16H20N2O/c1-12-8-13(2)10-14(9-12)15(17-3)11-18-7-5-4-6-16(18)19/h4-10,15,17H,11H2,1-3H3. The van der Waals surface area contributed by atoms with Crippen molar-refractivity contribution in [3.05, 3.63) is 69.6 Å². The monoisotopic (exact) mass is 256 g/mol. The van der Waals surface area contributed by atoms with Crippen LogP contribution in [-0.4, -0.2) is 11.6 Å². The number of hydrogen-bond acceptors (Lipinski definition) is 2. The lowest BCUT2D eigenvalue weighted by molar-refractivity contribution is 0.490. The summed E-state index contributed by atoms with van der Waals surface area (Å²) >= 11 is 0. The summed E-state index contributed by atoms with van der Waals surface area (Å²) in [5.74, 6) is 0. The fourth-order valence-electron chi connectivity index (χ4n) is 2.38. The van der Waals surface area contributed by atoms with Gasteiger partial charge in [0.2, 0.25) is 0 Å². The van der Waals surface area contributed by atoms with Gasteiger partial charge in [0.15, 0.2) is 0 Å². The minimum Gasteiger partial charge on any atom is -0.314 e. The number of aryl methyl sites for hydroxylation is 2. The number of nitrogens with zero attached hydrogens (tertiary/aromatic N) is 1. The number of pyridine rings is 1. The van der Waals surface area contributed by atoms with Gasteiger partial charge in [0, 0.05) is 18.8 Å². The molecule has 1 heterocycles. The Morgan fingerprint density at radius 2 is 1.84 bits per heavy atom. The van der Waals surface area contributed by atoms with Gasteiger partial charge < -0.3 is 9.88 Å². The second-order valence-corrected chi connectivity index (χ2v) is 4.95. The van der Waals surface area contributed by atoms with Crippen molar-refractivity contribution in [1.29, 1.82) is 0 Å². The molecule has 1 aromatic heterocycles. The maximum atomic E-state index is 11.8. The van der Waals surface area contributed by atoms with Crippen molar-refractivity contribution in [2.75, 3.05) is 7.05 Å². The Hall–Kier alpha value is -1.87. The molecular formula is C16H20N2O. The molecule has 0 saturated carbocycles. The third-order valence-corrected chi connectivity index (χ3v) is 3.27. The summed E-state index contributed by atoms with van der Waals surface area (Å²) in [6.07, 6.45) is 1.83. The van der Waals surface area contributed by atoms with Crippen molar-refractivity contribution in [3.63, 3.8) is 0 Å². The van der Waals surface area contributed by atoms with Gasteiger partial charge in [-0.2, -0.15) is 0 Å². The molecule has 1 atom stereocenters. The molecule has 0 saturated heterocycles. The van der Waals surface area contributed by atoms with E-state index in [4.69, 9.17) is 0 Å². The third kappa shape index (κ3) is 3.32. The zero-order valence-corrected chi connectivity index (χ0v) is 11.7. The van der Waals surface area contributed by atoms with Crippen molar-refractivity contribution in [2.24, 2.45) is 0 Å². The molecular weight excluding hydrogens is 236 g/mol. The third-order valence-electron chi connectivity index (χ3n) is 3.27. The van der Waals surface area contributed by atoms with Crippen molar-refractivity contribution in [3.8, 4) is 0 Å². The van der Waals surface area contributed by atoms with Crippen molar-refractivity contribution in [1.82, 2.24) is 9.88 Å². The second kappa shape index (κ2) is 5.85. The number of rotatable bonds is 4. The molecule has 100 valence electrons. The van der Waals surface area contributed by atoms with Crippen LogP contribution in [0.25, 0.3) is 0 Å². The molecule has 0 radical (unpaired) electrons. The van der Waals surface area contributed by atoms with Crippen molar-refractivity contribution < 1.29 is 0 Å². The quantitative estimate of drug-likeness (QED) is 0.911. The van der Waals surface area contributed by atoms with Gasteiger partial charge >= 0.3 is 0 Å². The van der Waals surface area contributed by atoms with Crippen LogP contribution in [0, 0.1) is 13.8 Å². The molecule has 1 aromatic carbocycles. The smallest absolute Gasteiger partial charge is 0.250 e. The normalized spacial score (nSPS) is 12.4. The first-order chi connectivity index (χ1) is 9.10. The topological polar surface area (TPSA) is 34.0 Å². The van der Waals surface area contributed by atoms with Gasteiger partial charge in [0.1, 0.15) is 0 Å². The van der Waals surface area contributed by atoms with E-state index < -0.39 is 0 Å². The second-order valence-electron chi connectivity index (χ2n) is 4.95. The van der Waals surface area contributed by atoms with Gasteiger partial charge in [0.25, 0.3) is 5.56 Å². The molecule has 0 fully saturated rings. The molecule has 3 nitrogen and oxygen atoms in total. The van der Waals surface area contributed by atoms with Crippen LogP contribution in [-0.2, 0) is 6.54 Å². The van der Waals surface area contributed by atoms with E-state index in [9.17, 15) is 4.79 Å². The van der Waals surface area contributed by atoms with Gasteiger partial charge in [-0.15, -0.1) is 0 Å². The minimum absolute atomic E-state index is 0.0344. The average Bonchev–Trinajstić information content (AvgIpc) is 2.36. The molecule has 1 unspecified atom stereocenters. The van der Waals surface area contributed by atoms with Crippen LogP contribution in [0.1, 0.15) is 22.7 Å². The molecule has 2 aromatic rings. The molecule has 1 N–H and O–H groups in total. The van der Waals surface area contributed by atoms with E-state index in [1.54, 1.807) is 16.7 Å². The van der Waals surface area contributed by atoms with Gasteiger partial charge in [-0.1, -0.05) is 35.4 Å². The summed E-state index contributed by atoms with van der Waals surface area (Å²) in [6.45, 7) is 4.83. The molecule has 0 spiro atoms. The first kappa shape index (κ1) is 13.6. The first-order valence-corrected chi connectivity index (χ1v) is 6.51. The number of likely N-dealkylation sites (N-methyl/N-ethyl adjacent to an activating group) is 1. The van der Waals surface area contributed by atoms with Gasteiger partial charge in [0.05, 0.1) is 6.04 Å². The van der Waals surface area contributed by atoms with Crippen molar-refractivity contribution >= 4 is 0 Å². The van der Waals surface area contributed by atoms with E-state index in [0.717, 1.165) is 0 Å². The van der Waals surface area contributed by atoms with Crippen LogP contribution in [0.15, 0.2) is 47.4 Å². The summed E-state index contributed by atoms with van der Waals surface area (Å²) in [5.41, 5.74) is 3.74. The maximum Gasteiger partial charge on any atom is 0.250 e. The fourth-order valence-corrected chi connectivity index (χ4v) is 2.38. The molecule has 0 aliphatic carbocycles. The zero-order chi connectivity index (χ0) is 13.8. The lowest BCUT2D eigenvalue weighted by Gasteiger charge is -2.19. The van der Waals surface area contributed by atoms with E-state index in [1.165, 1.54) is 16.7 Å². The molecule has 0 bridgehead atoms. The molecule has 2 rings (SSSR count). The average molecular weight is 256 g/mol. The molecule has 0 aliphatic heterocycles. The van der Waals surface area contributed by atoms with Crippen LogP contribution < -0.4 is 10.9 Å². The summed E-state index contributed by atoms with van der Waals surface area (Å²) < 4.78 is 1.73. The lowest BCUT2D eigenvalue weighted by Crippen LogP contribution is -2.27. The summed E-state index contributed by atoms with van der Waals surface area (Å²) in [5, 5.41) is 3.29. The molecule has 0 aliphatic rings. The van der Waals surface area contributed by atoms with Crippen LogP contribution in [0.2, 0.25) is 0 Å². The highest BCUT2D eigenvalue weighted by Crippen LogP contribution is 2.18. The Balaban J connectivity index is 2.30. The lowest BCUT2D eigenvalue weighted by atomic mass is 10.0. The molecule has 19 heavy (non-hydrogen) atoms. The van der Waals surface area contributed by atoms with E-state index in [-0.39, 0.29) is 11.6 Å². The van der Waals surface area contributed by atoms with Crippen LogP contribution in [0.4, 0.5) is 0 Å². The highest BCUT2D eigenvalue weighted by atomic mass is 16.1. The Labute approximate surface area is 113 Å².